The van der Waals surface area contributed by atoms with Crippen molar-refractivity contribution in [2.24, 2.45) is 0 Å². The first kappa shape index (κ1) is 24.1. The highest BCUT2D eigenvalue weighted by Crippen LogP contribution is 2.32. The molecule has 0 unspecified atom stereocenters. The average Bonchev–Trinajstić information content (AvgIpc) is 3.06. The van der Waals surface area contributed by atoms with E-state index in [0.717, 1.165) is 13.2 Å². The second kappa shape index (κ2) is 8.39. The van der Waals surface area contributed by atoms with Gasteiger partial charge in [-0.05, 0) is 59.7 Å². The van der Waals surface area contributed by atoms with Crippen LogP contribution in [0.4, 0.5) is 26.3 Å². The van der Waals surface area contributed by atoms with Crippen molar-refractivity contribution in [2.75, 3.05) is 7.11 Å². The number of ether oxygens (including phenoxy) is 1. The Labute approximate surface area is 179 Å². The van der Waals surface area contributed by atoms with Gasteiger partial charge in [-0.3, -0.25) is 0 Å². The Morgan fingerprint density at radius 1 is 1.00 bits per heavy atom. The number of fused-ring (bicyclic) bond motifs is 1. The summed E-state index contributed by atoms with van der Waals surface area (Å²) in [5.41, 5.74) is -4.72. The topological polar surface area (TPSA) is 72.5 Å². The Morgan fingerprint density at radius 3 is 2.25 bits per heavy atom. The van der Waals surface area contributed by atoms with E-state index in [0.29, 0.717) is 22.8 Å². The van der Waals surface area contributed by atoms with Crippen LogP contribution in [-0.4, -0.2) is 33.0 Å². The van der Waals surface area contributed by atoms with Crippen molar-refractivity contribution in [2.45, 2.75) is 37.0 Å². The minimum Gasteiger partial charge on any atom is -0.465 e. The number of esters is 1. The number of hydrogen-bond acceptors (Lipinski definition) is 4. The first-order chi connectivity index (χ1) is 14.7. The lowest BCUT2D eigenvalue weighted by Gasteiger charge is -2.14. The Morgan fingerprint density at radius 2 is 1.66 bits per heavy atom. The summed E-state index contributed by atoms with van der Waals surface area (Å²) in [7, 11) is -4.44. The number of nitrogens with one attached hydrogen (secondary N) is 1. The van der Waals surface area contributed by atoms with Gasteiger partial charge in [-0.15, -0.1) is 0 Å². The zero-order valence-electron chi connectivity index (χ0n) is 16.5. The number of carbonyl (C=O) groups is 1. The first-order valence-electron chi connectivity index (χ1n) is 9.18. The number of halogens is 6. The number of carbonyl (C=O) groups excluding carboxylic acids is 1. The molecule has 2 aromatic carbocycles. The third-order valence-corrected chi connectivity index (χ3v) is 6.23. The molecule has 32 heavy (non-hydrogen) atoms. The summed E-state index contributed by atoms with van der Waals surface area (Å²) in [6, 6.07) is 6.68. The highest BCUT2D eigenvalue weighted by Gasteiger charge is 2.47. The Hall–Kier alpha value is -2.60. The van der Waals surface area contributed by atoms with Crippen LogP contribution in [0.2, 0.25) is 0 Å². The number of alkyl halides is 6. The summed E-state index contributed by atoms with van der Waals surface area (Å²) < 4.78 is 106. The second-order valence-electron chi connectivity index (χ2n) is 7.36. The summed E-state index contributed by atoms with van der Waals surface area (Å²) in [5, 5.41) is 0. The van der Waals surface area contributed by atoms with Crippen molar-refractivity contribution < 1.29 is 44.3 Å². The monoisotopic (exact) mass is 481 g/mol. The molecule has 12 heteroatoms. The van der Waals surface area contributed by atoms with Crippen molar-refractivity contribution >= 4 is 16.0 Å². The van der Waals surface area contributed by atoms with Gasteiger partial charge in [0.2, 0.25) is 0 Å². The molecule has 2 aromatic rings. The molecule has 0 bridgehead atoms. The molecule has 5 nitrogen and oxygen atoms in total. The van der Waals surface area contributed by atoms with Crippen LogP contribution in [0.1, 0.15) is 38.2 Å². The molecule has 174 valence electrons. The van der Waals surface area contributed by atoms with E-state index in [9.17, 15) is 39.6 Å². The van der Waals surface area contributed by atoms with Crippen LogP contribution in [0, 0.1) is 0 Å². The zero-order valence-corrected chi connectivity index (χ0v) is 17.3. The van der Waals surface area contributed by atoms with E-state index >= 15 is 0 Å². The first-order valence-corrected chi connectivity index (χ1v) is 10.7. The molecule has 1 N–H and O–H groups in total. The molecule has 0 heterocycles. The highest BCUT2D eigenvalue weighted by molar-refractivity contribution is 7.90. The van der Waals surface area contributed by atoms with Gasteiger partial charge in [-0.2, -0.15) is 26.3 Å². The smallest absolute Gasteiger partial charge is 0.465 e. The summed E-state index contributed by atoms with van der Waals surface area (Å²) in [6.07, 6.45) is -4.60. The fourth-order valence-electron chi connectivity index (χ4n) is 3.58. The van der Waals surface area contributed by atoms with Crippen LogP contribution >= 0.6 is 0 Å². The SMILES string of the molecule is COC(=O)c1cc(Cc2ccc3c(c2)C[C@@H](NS(=O)(=O)C(F)(F)F)C3)cc(C(F)(F)F)c1. The van der Waals surface area contributed by atoms with E-state index in [1.54, 1.807) is 22.9 Å². The molecule has 1 atom stereocenters. The molecule has 0 amide bonds. The number of hydrogen-bond donors (Lipinski definition) is 1. The van der Waals surface area contributed by atoms with E-state index in [2.05, 4.69) is 4.74 Å². The van der Waals surface area contributed by atoms with Gasteiger partial charge in [0.1, 0.15) is 0 Å². The van der Waals surface area contributed by atoms with Gasteiger partial charge in [0.25, 0.3) is 0 Å². The molecule has 3 rings (SSSR count). The quantitative estimate of drug-likeness (QED) is 0.518. The molecule has 0 aliphatic heterocycles. The number of sulfonamides is 1. The number of methoxy groups -OCH3 is 1. The molecule has 0 saturated carbocycles. The average molecular weight is 481 g/mol. The fraction of sp³-hybridized carbons (Fsp3) is 0.350. The molecule has 0 saturated heterocycles. The Balaban J connectivity index is 1.83. The van der Waals surface area contributed by atoms with E-state index in [4.69, 9.17) is 0 Å². The zero-order chi connectivity index (χ0) is 23.9. The molecule has 1 aliphatic rings. The molecular formula is C20H17F6NO4S. The van der Waals surface area contributed by atoms with Gasteiger partial charge in [0.15, 0.2) is 0 Å². The Kier molecular flexibility index (Phi) is 6.31. The van der Waals surface area contributed by atoms with Gasteiger partial charge >= 0.3 is 27.7 Å². The molecule has 0 aromatic heterocycles. The van der Waals surface area contributed by atoms with Crippen LogP contribution in [-0.2, 0) is 40.2 Å². The van der Waals surface area contributed by atoms with Crippen molar-refractivity contribution in [1.82, 2.24) is 4.72 Å². The summed E-state index contributed by atoms with van der Waals surface area (Å²) in [4.78, 5) is 11.7. The van der Waals surface area contributed by atoms with Gasteiger partial charge in [0, 0.05) is 6.04 Å². The maximum absolute atomic E-state index is 13.2. The lowest BCUT2D eigenvalue weighted by Crippen LogP contribution is -2.43. The summed E-state index contributed by atoms with van der Waals surface area (Å²) >= 11 is 0. The molecule has 1 aliphatic carbocycles. The number of rotatable bonds is 5. The van der Waals surface area contributed by atoms with Crippen molar-refractivity contribution in [1.29, 1.82) is 0 Å². The molecule has 0 radical (unpaired) electrons. The minimum absolute atomic E-state index is 0.00842. The second-order valence-corrected chi connectivity index (χ2v) is 9.07. The van der Waals surface area contributed by atoms with Crippen LogP contribution < -0.4 is 4.72 Å². The van der Waals surface area contributed by atoms with Crippen LogP contribution in [0.3, 0.4) is 0 Å². The predicted octanol–water partition coefficient (Wildman–Crippen LogP) is 3.99. The van der Waals surface area contributed by atoms with E-state index < -0.39 is 39.3 Å². The highest BCUT2D eigenvalue weighted by atomic mass is 32.2. The molecular weight excluding hydrogens is 464 g/mol. The predicted molar refractivity (Wildman–Crippen MR) is 101 cm³/mol. The van der Waals surface area contributed by atoms with Crippen LogP contribution in [0.15, 0.2) is 36.4 Å². The van der Waals surface area contributed by atoms with Gasteiger partial charge in [-0.25, -0.2) is 17.9 Å². The summed E-state index contributed by atoms with van der Waals surface area (Å²) in [5.74, 6) is -0.925. The third-order valence-electron chi connectivity index (χ3n) is 4.98. The van der Waals surface area contributed by atoms with Crippen molar-refractivity contribution in [3.05, 3.63) is 69.8 Å². The van der Waals surface area contributed by atoms with Crippen LogP contribution in [0.25, 0.3) is 0 Å². The largest absolute Gasteiger partial charge is 0.511 e. The third kappa shape index (κ3) is 5.23. The van der Waals surface area contributed by atoms with Crippen molar-refractivity contribution in [3.63, 3.8) is 0 Å². The minimum atomic E-state index is -5.49. The van der Waals surface area contributed by atoms with E-state index in [1.807, 2.05) is 0 Å². The molecule has 0 spiro atoms. The van der Waals surface area contributed by atoms with Gasteiger partial charge in [-0.1, -0.05) is 18.2 Å². The summed E-state index contributed by atoms with van der Waals surface area (Å²) in [6.45, 7) is 0. The van der Waals surface area contributed by atoms with Crippen molar-refractivity contribution in [3.8, 4) is 0 Å². The standard InChI is InChI=1S/C20H17F6NO4S/c1-31-18(28)15-6-12(7-16(8-15)19(21,22)23)4-11-2-3-13-9-17(10-14(13)5-11)27-32(29,30)20(24,25)26/h2-3,5-8,17,27H,4,9-10H2,1H3/t17-/m0/s1. The van der Waals surface area contributed by atoms with Gasteiger partial charge < -0.3 is 4.74 Å². The number of benzene rings is 2. The lowest BCUT2D eigenvalue weighted by molar-refractivity contribution is -0.137. The van der Waals surface area contributed by atoms with Gasteiger partial charge in [0.05, 0.1) is 18.2 Å². The van der Waals surface area contributed by atoms with E-state index in [1.165, 1.54) is 6.07 Å². The normalized spacial score (nSPS) is 16.7. The Bertz CT molecular complexity index is 1140. The maximum atomic E-state index is 13.2. The van der Waals surface area contributed by atoms with E-state index in [-0.39, 0.29) is 30.4 Å². The fourth-order valence-corrected chi connectivity index (χ4v) is 4.32. The maximum Gasteiger partial charge on any atom is 0.511 e. The van der Waals surface area contributed by atoms with Crippen LogP contribution in [0.5, 0.6) is 0 Å². The molecule has 0 fully saturated rings. The lowest BCUT2D eigenvalue weighted by atomic mass is 9.97.